The fourth-order valence-corrected chi connectivity index (χ4v) is 1.45. The summed E-state index contributed by atoms with van der Waals surface area (Å²) in [6.45, 7) is 0. The monoisotopic (exact) mass is 177 g/mol. The molecule has 0 unspecified atom stereocenters. The number of hydrogen-bond donors (Lipinski definition) is 1. The van der Waals surface area contributed by atoms with E-state index in [2.05, 4.69) is 5.32 Å². The quantitative estimate of drug-likeness (QED) is 0.609. The van der Waals surface area contributed by atoms with Gasteiger partial charge in [0.05, 0.1) is 4.86 Å². The van der Waals surface area contributed by atoms with Gasteiger partial charge in [-0.15, -0.1) is 0 Å². The molecule has 1 aliphatic rings. The lowest BCUT2D eigenvalue weighted by molar-refractivity contribution is -0.110. The van der Waals surface area contributed by atoms with E-state index >= 15 is 0 Å². The number of para-hydroxylation sites is 1. The predicted molar refractivity (Wildman–Crippen MR) is 51.4 cm³/mol. The fourth-order valence-electron chi connectivity index (χ4n) is 1.24. The first kappa shape index (κ1) is 7.43. The third-order valence-corrected chi connectivity index (χ3v) is 2.20. The second-order valence-electron chi connectivity index (χ2n) is 2.71. The Balaban J connectivity index is 2.47. The minimum atomic E-state index is -0.135. The highest BCUT2D eigenvalue weighted by Gasteiger charge is 2.18. The van der Waals surface area contributed by atoms with Crippen molar-refractivity contribution in [3.8, 4) is 0 Å². The summed E-state index contributed by atoms with van der Waals surface area (Å²) in [5.41, 5.74) is 1.98. The van der Waals surface area contributed by atoms with Crippen molar-refractivity contribution in [1.29, 1.82) is 0 Å². The van der Waals surface area contributed by atoms with Crippen molar-refractivity contribution < 1.29 is 4.79 Å². The molecule has 0 bridgehead atoms. The van der Waals surface area contributed by atoms with E-state index in [0.717, 1.165) is 11.3 Å². The highest BCUT2D eigenvalue weighted by molar-refractivity contribution is 7.82. The Kier molecular flexibility index (Phi) is 1.66. The first-order valence-electron chi connectivity index (χ1n) is 3.69. The maximum atomic E-state index is 11.1. The van der Waals surface area contributed by atoms with Crippen LogP contribution in [0.4, 0.5) is 5.69 Å². The van der Waals surface area contributed by atoms with Gasteiger partial charge in [0.2, 0.25) is 0 Å². The van der Waals surface area contributed by atoms with Gasteiger partial charge in [-0.2, -0.15) is 0 Å². The number of thiocarbonyl (C=S) groups is 1. The van der Waals surface area contributed by atoms with E-state index in [4.69, 9.17) is 12.2 Å². The van der Waals surface area contributed by atoms with E-state index in [1.807, 2.05) is 24.3 Å². The molecule has 0 saturated carbocycles. The Morgan fingerprint density at radius 3 is 2.92 bits per heavy atom. The molecule has 1 N–H and O–H groups in total. The van der Waals surface area contributed by atoms with Crippen LogP contribution in [0.1, 0.15) is 5.56 Å². The standard InChI is InChI=1S/C9H7NOS/c11-9-8(12)5-6-3-1-2-4-7(6)10-9/h1-4H,5H2,(H,10,11). The Morgan fingerprint density at radius 2 is 2.08 bits per heavy atom. The summed E-state index contributed by atoms with van der Waals surface area (Å²) in [6.07, 6.45) is 0.595. The van der Waals surface area contributed by atoms with Crippen molar-refractivity contribution in [1.82, 2.24) is 0 Å². The van der Waals surface area contributed by atoms with Gasteiger partial charge < -0.3 is 5.32 Å². The summed E-state index contributed by atoms with van der Waals surface area (Å²) in [5, 5.41) is 2.73. The molecule has 1 amide bonds. The van der Waals surface area contributed by atoms with Crippen LogP contribution >= 0.6 is 12.2 Å². The van der Waals surface area contributed by atoms with Gasteiger partial charge >= 0.3 is 0 Å². The summed E-state index contributed by atoms with van der Waals surface area (Å²) in [7, 11) is 0. The van der Waals surface area contributed by atoms with E-state index in [9.17, 15) is 4.79 Å². The molecular weight excluding hydrogens is 170 g/mol. The maximum Gasteiger partial charge on any atom is 0.262 e. The van der Waals surface area contributed by atoms with Gasteiger partial charge in [0, 0.05) is 12.1 Å². The SMILES string of the molecule is O=C1Nc2ccccc2CC1=S. The van der Waals surface area contributed by atoms with E-state index in [1.54, 1.807) is 0 Å². The zero-order valence-corrected chi connectivity index (χ0v) is 7.15. The van der Waals surface area contributed by atoms with Gasteiger partial charge in [-0.1, -0.05) is 30.4 Å². The lowest BCUT2D eigenvalue weighted by Crippen LogP contribution is -2.28. The van der Waals surface area contributed by atoms with Crippen LogP contribution in [-0.4, -0.2) is 10.8 Å². The molecule has 0 radical (unpaired) electrons. The lowest BCUT2D eigenvalue weighted by atomic mass is 10.0. The van der Waals surface area contributed by atoms with Crippen molar-refractivity contribution >= 4 is 28.7 Å². The second kappa shape index (κ2) is 2.68. The summed E-state index contributed by atoms with van der Waals surface area (Å²) in [4.78, 5) is 11.6. The molecule has 0 fully saturated rings. The van der Waals surface area contributed by atoms with E-state index in [1.165, 1.54) is 0 Å². The first-order valence-corrected chi connectivity index (χ1v) is 4.10. The summed E-state index contributed by atoms with van der Waals surface area (Å²) >= 11 is 4.89. The number of rotatable bonds is 0. The molecule has 3 heteroatoms. The molecule has 1 aromatic rings. The van der Waals surface area contributed by atoms with E-state index < -0.39 is 0 Å². The topological polar surface area (TPSA) is 29.1 Å². The second-order valence-corrected chi connectivity index (χ2v) is 3.20. The smallest absolute Gasteiger partial charge is 0.262 e. The molecule has 60 valence electrons. The number of anilines is 1. The molecule has 2 nitrogen and oxygen atoms in total. The van der Waals surface area contributed by atoms with Gasteiger partial charge in [-0.05, 0) is 11.6 Å². The fraction of sp³-hybridized carbons (Fsp3) is 0.111. The molecule has 1 heterocycles. The Hall–Kier alpha value is -1.22. The molecule has 0 spiro atoms. The van der Waals surface area contributed by atoms with E-state index in [-0.39, 0.29) is 5.91 Å². The largest absolute Gasteiger partial charge is 0.321 e. The van der Waals surface area contributed by atoms with Crippen molar-refractivity contribution in [2.75, 3.05) is 5.32 Å². The lowest BCUT2D eigenvalue weighted by Gasteiger charge is -2.16. The summed E-state index contributed by atoms with van der Waals surface area (Å²) in [5.74, 6) is -0.135. The minimum absolute atomic E-state index is 0.135. The third kappa shape index (κ3) is 1.12. The highest BCUT2D eigenvalue weighted by Crippen LogP contribution is 2.20. The van der Waals surface area contributed by atoms with Gasteiger partial charge in [0.25, 0.3) is 5.91 Å². The van der Waals surface area contributed by atoms with Crippen LogP contribution in [0.3, 0.4) is 0 Å². The Labute approximate surface area is 75.6 Å². The Morgan fingerprint density at radius 1 is 1.33 bits per heavy atom. The molecule has 1 aliphatic heterocycles. The molecule has 0 aromatic heterocycles. The minimum Gasteiger partial charge on any atom is -0.321 e. The summed E-state index contributed by atoms with van der Waals surface area (Å²) < 4.78 is 0. The molecule has 0 aliphatic carbocycles. The van der Waals surface area contributed by atoms with Crippen LogP contribution in [0.5, 0.6) is 0 Å². The summed E-state index contributed by atoms with van der Waals surface area (Å²) in [6, 6.07) is 7.70. The van der Waals surface area contributed by atoms with Crippen LogP contribution in [-0.2, 0) is 11.2 Å². The van der Waals surface area contributed by atoms with Crippen LogP contribution in [0, 0.1) is 0 Å². The number of hydrogen-bond acceptors (Lipinski definition) is 2. The number of amides is 1. The van der Waals surface area contributed by atoms with Crippen molar-refractivity contribution in [3.05, 3.63) is 29.8 Å². The average molecular weight is 177 g/mol. The maximum absolute atomic E-state index is 11.1. The number of fused-ring (bicyclic) bond motifs is 1. The van der Waals surface area contributed by atoms with E-state index in [0.29, 0.717) is 11.3 Å². The molecular formula is C9H7NOS. The van der Waals surface area contributed by atoms with Crippen molar-refractivity contribution in [2.24, 2.45) is 0 Å². The van der Waals surface area contributed by atoms with Gasteiger partial charge in [-0.25, -0.2) is 0 Å². The van der Waals surface area contributed by atoms with Crippen molar-refractivity contribution in [3.63, 3.8) is 0 Å². The van der Waals surface area contributed by atoms with Crippen molar-refractivity contribution in [2.45, 2.75) is 6.42 Å². The van der Waals surface area contributed by atoms with Gasteiger partial charge in [0.15, 0.2) is 0 Å². The zero-order valence-electron chi connectivity index (χ0n) is 6.33. The molecule has 0 atom stereocenters. The average Bonchev–Trinajstić information content (AvgIpc) is 2.07. The normalized spacial score (nSPS) is 15.3. The first-order chi connectivity index (χ1) is 5.77. The highest BCUT2D eigenvalue weighted by atomic mass is 32.1. The van der Waals surface area contributed by atoms with Gasteiger partial charge in [0.1, 0.15) is 0 Å². The molecule has 12 heavy (non-hydrogen) atoms. The number of nitrogens with one attached hydrogen (secondary N) is 1. The molecule has 0 saturated heterocycles. The van der Waals surface area contributed by atoms with Crippen LogP contribution in [0.25, 0.3) is 0 Å². The van der Waals surface area contributed by atoms with Gasteiger partial charge in [-0.3, -0.25) is 4.79 Å². The number of carbonyl (C=O) groups is 1. The number of carbonyl (C=O) groups excluding carboxylic acids is 1. The number of benzene rings is 1. The third-order valence-electron chi connectivity index (χ3n) is 1.87. The Bertz CT molecular complexity index is 324. The van der Waals surface area contributed by atoms with Crippen LogP contribution in [0.15, 0.2) is 24.3 Å². The molecule has 2 rings (SSSR count). The zero-order chi connectivity index (χ0) is 8.55. The van der Waals surface area contributed by atoms with Crippen LogP contribution in [0.2, 0.25) is 0 Å². The van der Waals surface area contributed by atoms with Crippen LogP contribution < -0.4 is 5.32 Å². The predicted octanol–water partition coefficient (Wildman–Crippen LogP) is 1.55. The molecule has 1 aromatic carbocycles.